The standard InChI is InChI=1S/C25H18Cl2N4O3/c1-14-6-2-3-7-17(14)30-25(34)23-21(28-18-8-4-5-9-19(18)29-23)13-22(32)24(33)31-20-12-15(26)10-11-16(20)27/h2-12H,13H2,1H3,(H,30,34)(H,31,33). The molecule has 2 amide bonds. The first-order valence-electron chi connectivity index (χ1n) is 10.2. The Morgan fingerprint density at radius 2 is 1.50 bits per heavy atom. The van der Waals surface area contributed by atoms with Crippen LogP contribution in [0.2, 0.25) is 10.0 Å². The number of ketones is 1. The fraction of sp³-hybridized carbons (Fsp3) is 0.0800. The Labute approximate surface area is 205 Å². The van der Waals surface area contributed by atoms with E-state index in [1.54, 1.807) is 42.5 Å². The highest BCUT2D eigenvalue weighted by Crippen LogP contribution is 2.25. The van der Waals surface area contributed by atoms with E-state index in [2.05, 4.69) is 20.6 Å². The van der Waals surface area contributed by atoms with E-state index in [-0.39, 0.29) is 22.1 Å². The zero-order valence-electron chi connectivity index (χ0n) is 17.9. The summed E-state index contributed by atoms with van der Waals surface area (Å²) in [4.78, 5) is 47.3. The SMILES string of the molecule is Cc1ccccc1NC(=O)c1nc2ccccc2nc1CC(=O)C(=O)Nc1cc(Cl)ccc1Cl. The quantitative estimate of drug-likeness (QED) is 0.358. The molecule has 0 radical (unpaired) electrons. The number of nitrogens with zero attached hydrogens (tertiary/aromatic N) is 2. The Morgan fingerprint density at radius 1 is 0.824 bits per heavy atom. The van der Waals surface area contributed by atoms with Gasteiger partial charge in [-0.1, -0.05) is 53.5 Å². The van der Waals surface area contributed by atoms with Gasteiger partial charge in [0.1, 0.15) is 0 Å². The van der Waals surface area contributed by atoms with Crippen LogP contribution < -0.4 is 10.6 Å². The summed E-state index contributed by atoms with van der Waals surface area (Å²) in [5, 5.41) is 5.83. The Hall–Kier alpha value is -3.81. The summed E-state index contributed by atoms with van der Waals surface area (Å²) in [6.45, 7) is 1.86. The molecule has 0 saturated carbocycles. The van der Waals surface area contributed by atoms with E-state index in [1.165, 1.54) is 12.1 Å². The Bertz CT molecular complexity index is 1440. The van der Waals surface area contributed by atoms with Crippen LogP contribution in [0.15, 0.2) is 66.7 Å². The number of para-hydroxylation sites is 3. The van der Waals surface area contributed by atoms with E-state index in [9.17, 15) is 14.4 Å². The molecule has 1 heterocycles. The first-order chi connectivity index (χ1) is 16.3. The van der Waals surface area contributed by atoms with Gasteiger partial charge in [0.25, 0.3) is 11.8 Å². The highest BCUT2D eigenvalue weighted by Gasteiger charge is 2.23. The molecule has 0 saturated heterocycles. The lowest BCUT2D eigenvalue weighted by Gasteiger charge is -2.12. The normalized spacial score (nSPS) is 10.7. The van der Waals surface area contributed by atoms with E-state index in [0.717, 1.165) is 5.56 Å². The molecule has 3 aromatic carbocycles. The number of hydrogen-bond donors (Lipinski definition) is 2. The molecule has 4 rings (SSSR count). The van der Waals surface area contributed by atoms with Crippen molar-refractivity contribution in [3.8, 4) is 0 Å². The van der Waals surface area contributed by atoms with Gasteiger partial charge in [-0.2, -0.15) is 0 Å². The number of aryl methyl sites for hydroxylation is 1. The second-order valence-electron chi connectivity index (χ2n) is 7.45. The summed E-state index contributed by atoms with van der Waals surface area (Å²) in [7, 11) is 0. The summed E-state index contributed by atoms with van der Waals surface area (Å²) >= 11 is 12.0. The van der Waals surface area contributed by atoms with Crippen LogP contribution in [-0.2, 0) is 16.0 Å². The van der Waals surface area contributed by atoms with Gasteiger partial charge in [0.05, 0.1) is 33.9 Å². The zero-order valence-corrected chi connectivity index (χ0v) is 19.4. The van der Waals surface area contributed by atoms with Crippen molar-refractivity contribution < 1.29 is 14.4 Å². The highest BCUT2D eigenvalue weighted by molar-refractivity contribution is 6.43. The van der Waals surface area contributed by atoms with Gasteiger partial charge in [-0.25, -0.2) is 9.97 Å². The van der Waals surface area contributed by atoms with E-state index in [4.69, 9.17) is 23.2 Å². The molecule has 0 fully saturated rings. The molecule has 0 aliphatic carbocycles. The van der Waals surface area contributed by atoms with Gasteiger partial charge in [-0.15, -0.1) is 0 Å². The molecule has 2 N–H and O–H groups in total. The maximum Gasteiger partial charge on any atom is 0.292 e. The van der Waals surface area contributed by atoms with Crippen LogP contribution in [0.3, 0.4) is 0 Å². The molecule has 0 spiro atoms. The summed E-state index contributed by atoms with van der Waals surface area (Å²) in [6.07, 6.45) is -0.432. The van der Waals surface area contributed by atoms with Crippen molar-refractivity contribution >= 4 is 63.2 Å². The van der Waals surface area contributed by atoms with Crippen LogP contribution >= 0.6 is 23.2 Å². The van der Waals surface area contributed by atoms with Crippen molar-refractivity contribution in [3.05, 3.63) is 93.7 Å². The van der Waals surface area contributed by atoms with Crippen LogP contribution in [0, 0.1) is 6.92 Å². The number of Topliss-reactive ketones (excluding diaryl/α,β-unsaturated/α-hetero) is 1. The van der Waals surface area contributed by atoms with Gasteiger partial charge in [0.2, 0.25) is 5.78 Å². The first kappa shape index (κ1) is 23.4. The second-order valence-corrected chi connectivity index (χ2v) is 8.30. The van der Waals surface area contributed by atoms with Crippen LogP contribution in [0.1, 0.15) is 21.7 Å². The average Bonchev–Trinajstić information content (AvgIpc) is 2.82. The number of aromatic nitrogens is 2. The molecule has 4 aromatic rings. The number of hydrogen-bond acceptors (Lipinski definition) is 5. The minimum atomic E-state index is -0.913. The lowest BCUT2D eigenvalue weighted by molar-refractivity contribution is -0.134. The molecule has 0 atom stereocenters. The monoisotopic (exact) mass is 492 g/mol. The zero-order chi connectivity index (χ0) is 24.2. The lowest BCUT2D eigenvalue weighted by Crippen LogP contribution is -2.27. The number of nitrogens with one attached hydrogen (secondary N) is 2. The van der Waals surface area contributed by atoms with Gasteiger partial charge in [0.15, 0.2) is 5.69 Å². The summed E-state index contributed by atoms with van der Waals surface area (Å²) in [5.74, 6) is -2.26. The summed E-state index contributed by atoms with van der Waals surface area (Å²) < 4.78 is 0. The summed E-state index contributed by atoms with van der Waals surface area (Å²) in [5.41, 5.74) is 2.70. The number of benzene rings is 3. The fourth-order valence-corrected chi connectivity index (χ4v) is 3.59. The van der Waals surface area contributed by atoms with Gasteiger partial charge >= 0.3 is 0 Å². The van der Waals surface area contributed by atoms with Crippen molar-refractivity contribution in [2.75, 3.05) is 10.6 Å². The first-order valence-corrected chi connectivity index (χ1v) is 11.0. The Kier molecular flexibility index (Phi) is 6.86. The number of anilines is 2. The molecule has 170 valence electrons. The van der Waals surface area contributed by atoms with Gasteiger partial charge in [-0.3, -0.25) is 14.4 Å². The predicted octanol–water partition coefficient (Wildman–Crippen LogP) is 5.25. The van der Waals surface area contributed by atoms with Crippen LogP contribution in [-0.4, -0.2) is 27.6 Å². The van der Waals surface area contributed by atoms with Gasteiger partial charge < -0.3 is 10.6 Å². The highest BCUT2D eigenvalue weighted by atomic mass is 35.5. The molecular formula is C25H18Cl2N4O3. The summed E-state index contributed by atoms with van der Waals surface area (Å²) in [6, 6.07) is 18.7. The van der Waals surface area contributed by atoms with Crippen LogP contribution in [0.4, 0.5) is 11.4 Å². The fourth-order valence-electron chi connectivity index (χ4n) is 3.25. The maximum atomic E-state index is 13.1. The van der Waals surface area contributed by atoms with Gasteiger partial charge in [-0.05, 0) is 48.9 Å². The molecule has 0 bridgehead atoms. The molecular weight excluding hydrogens is 475 g/mol. The molecule has 1 aromatic heterocycles. The minimum absolute atomic E-state index is 0.0381. The molecule has 0 aliphatic rings. The van der Waals surface area contributed by atoms with Crippen LogP contribution in [0.5, 0.6) is 0 Å². The number of halogens is 2. The Morgan fingerprint density at radius 3 is 2.24 bits per heavy atom. The van der Waals surface area contributed by atoms with Crippen molar-refractivity contribution in [2.45, 2.75) is 13.3 Å². The third kappa shape index (κ3) is 5.22. The number of carbonyl (C=O) groups excluding carboxylic acids is 3. The molecule has 7 nitrogen and oxygen atoms in total. The van der Waals surface area contributed by atoms with E-state index in [1.807, 2.05) is 19.1 Å². The van der Waals surface area contributed by atoms with Crippen molar-refractivity contribution in [1.29, 1.82) is 0 Å². The topological polar surface area (TPSA) is 101 Å². The van der Waals surface area contributed by atoms with Crippen LogP contribution in [0.25, 0.3) is 11.0 Å². The molecule has 34 heavy (non-hydrogen) atoms. The van der Waals surface area contributed by atoms with E-state index < -0.39 is 24.0 Å². The molecule has 9 heteroatoms. The Balaban J connectivity index is 1.63. The van der Waals surface area contributed by atoms with Crippen molar-refractivity contribution in [1.82, 2.24) is 9.97 Å². The van der Waals surface area contributed by atoms with E-state index >= 15 is 0 Å². The smallest absolute Gasteiger partial charge is 0.292 e. The number of fused-ring (bicyclic) bond motifs is 1. The number of carbonyl (C=O) groups is 3. The number of amides is 2. The van der Waals surface area contributed by atoms with Crippen molar-refractivity contribution in [2.24, 2.45) is 0 Å². The largest absolute Gasteiger partial charge is 0.320 e. The predicted molar refractivity (Wildman–Crippen MR) is 132 cm³/mol. The van der Waals surface area contributed by atoms with Gasteiger partial charge in [0, 0.05) is 10.7 Å². The maximum absolute atomic E-state index is 13.1. The molecule has 0 unspecified atom stereocenters. The average molecular weight is 493 g/mol. The molecule has 0 aliphatic heterocycles. The van der Waals surface area contributed by atoms with Crippen molar-refractivity contribution in [3.63, 3.8) is 0 Å². The third-order valence-electron chi connectivity index (χ3n) is 5.01. The second kappa shape index (κ2) is 9.99. The number of rotatable bonds is 6. The minimum Gasteiger partial charge on any atom is -0.320 e. The lowest BCUT2D eigenvalue weighted by atomic mass is 10.1. The third-order valence-corrected chi connectivity index (χ3v) is 5.57. The van der Waals surface area contributed by atoms with E-state index in [0.29, 0.717) is 21.7 Å².